The quantitative estimate of drug-likeness (QED) is 0.527. The third-order valence-corrected chi connectivity index (χ3v) is 4.40. The van der Waals surface area contributed by atoms with Crippen molar-refractivity contribution < 1.29 is 9.53 Å². The van der Waals surface area contributed by atoms with E-state index in [1.54, 1.807) is 6.92 Å². The number of nitrogens with zero attached hydrogens (tertiary/aromatic N) is 2. The number of nitrogens with two attached hydrogens (primary N) is 1. The summed E-state index contributed by atoms with van der Waals surface area (Å²) in [5, 5.41) is 0. The molecule has 0 aliphatic heterocycles. The summed E-state index contributed by atoms with van der Waals surface area (Å²) < 4.78 is 7.85. The van der Waals surface area contributed by atoms with Gasteiger partial charge in [-0.3, -0.25) is 4.79 Å². The minimum atomic E-state index is 0.0406. The summed E-state index contributed by atoms with van der Waals surface area (Å²) in [7, 11) is 0. The fourth-order valence-corrected chi connectivity index (χ4v) is 3.05. The van der Waals surface area contributed by atoms with Gasteiger partial charge in [0.05, 0.1) is 17.6 Å². The summed E-state index contributed by atoms with van der Waals surface area (Å²) in [6.45, 7) is 2.09. The number of anilines is 1. The molecule has 0 fully saturated rings. The van der Waals surface area contributed by atoms with Gasteiger partial charge in [-0.2, -0.15) is 0 Å². The van der Waals surface area contributed by atoms with Gasteiger partial charge < -0.3 is 15.0 Å². The third kappa shape index (κ3) is 3.53. The number of hydrogen-bond donors (Lipinski definition) is 1. The highest BCUT2D eigenvalue weighted by atomic mass is 16.5. The Morgan fingerprint density at radius 1 is 1.00 bits per heavy atom. The van der Waals surface area contributed by atoms with Crippen LogP contribution >= 0.6 is 0 Å². The van der Waals surface area contributed by atoms with Crippen LogP contribution in [0.25, 0.3) is 11.0 Å². The van der Waals surface area contributed by atoms with Crippen LogP contribution in [-0.4, -0.2) is 15.3 Å². The van der Waals surface area contributed by atoms with E-state index in [4.69, 9.17) is 10.5 Å². The smallest absolute Gasteiger partial charge is 0.201 e. The van der Waals surface area contributed by atoms with E-state index in [9.17, 15) is 4.79 Å². The van der Waals surface area contributed by atoms with Gasteiger partial charge in [0.1, 0.15) is 11.5 Å². The fourth-order valence-electron chi connectivity index (χ4n) is 3.05. The lowest BCUT2D eigenvalue weighted by molar-refractivity contribution is 0.101. The second-order valence-corrected chi connectivity index (χ2v) is 6.38. The van der Waals surface area contributed by atoms with Gasteiger partial charge in [-0.15, -0.1) is 0 Å². The molecule has 0 saturated carbocycles. The minimum Gasteiger partial charge on any atom is -0.457 e. The summed E-state index contributed by atoms with van der Waals surface area (Å²) >= 11 is 0. The number of hydrogen-bond acceptors (Lipinski definition) is 4. The maximum Gasteiger partial charge on any atom is 0.201 e. The normalized spacial score (nSPS) is 10.9. The molecule has 4 aromatic rings. The highest BCUT2D eigenvalue weighted by Gasteiger charge is 2.11. The summed E-state index contributed by atoms with van der Waals surface area (Å²) in [4.78, 5) is 16.1. The second kappa shape index (κ2) is 6.96. The first-order valence-electron chi connectivity index (χ1n) is 8.69. The number of carbonyl (C=O) groups excluding carboxylic acids is 1. The molecule has 5 nitrogen and oxygen atoms in total. The molecule has 3 aromatic carbocycles. The molecular formula is C22H19N3O2. The number of carbonyl (C=O) groups is 1. The standard InChI is InChI=1S/C22H19N3O2/c1-15(26)17-7-5-6-16(12-17)14-25-21-13-19(10-11-20(21)24-22(25)23)27-18-8-3-2-4-9-18/h2-13H,14H2,1H3,(H2,23,24). The molecule has 2 N–H and O–H groups in total. The van der Waals surface area contributed by atoms with Gasteiger partial charge in [0, 0.05) is 11.6 Å². The number of rotatable bonds is 5. The highest BCUT2D eigenvalue weighted by molar-refractivity contribution is 5.94. The number of nitrogen functional groups attached to an aromatic ring is 1. The Bertz CT molecular complexity index is 1120. The molecule has 1 aromatic heterocycles. The summed E-state index contributed by atoms with van der Waals surface area (Å²) in [6.07, 6.45) is 0. The SMILES string of the molecule is CC(=O)c1cccc(Cn2c(N)nc3ccc(Oc4ccccc4)cc32)c1. The largest absolute Gasteiger partial charge is 0.457 e. The Hall–Kier alpha value is -3.60. The van der Waals surface area contributed by atoms with Crippen molar-refractivity contribution in [2.45, 2.75) is 13.5 Å². The van der Waals surface area contributed by atoms with Gasteiger partial charge in [0.2, 0.25) is 5.95 Å². The molecule has 0 atom stereocenters. The van der Waals surface area contributed by atoms with Crippen molar-refractivity contribution in [3.63, 3.8) is 0 Å². The van der Waals surface area contributed by atoms with Crippen molar-refractivity contribution in [1.29, 1.82) is 0 Å². The lowest BCUT2D eigenvalue weighted by atomic mass is 10.1. The first kappa shape index (κ1) is 16.8. The first-order chi connectivity index (χ1) is 13.1. The van der Waals surface area contributed by atoms with E-state index in [0.29, 0.717) is 23.8 Å². The van der Waals surface area contributed by atoms with Crippen LogP contribution in [0.3, 0.4) is 0 Å². The maximum absolute atomic E-state index is 11.6. The molecule has 5 heteroatoms. The van der Waals surface area contributed by atoms with Gasteiger partial charge >= 0.3 is 0 Å². The minimum absolute atomic E-state index is 0.0406. The number of benzene rings is 3. The van der Waals surface area contributed by atoms with Crippen molar-refractivity contribution in [1.82, 2.24) is 9.55 Å². The Kier molecular flexibility index (Phi) is 4.34. The molecule has 0 spiro atoms. The molecule has 0 saturated heterocycles. The molecular weight excluding hydrogens is 338 g/mol. The molecule has 0 unspecified atom stereocenters. The van der Waals surface area contributed by atoms with Crippen LogP contribution < -0.4 is 10.5 Å². The second-order valence-electron chi connectivity index (χ2n) is 6.38. The lowest BCUT2D eigenvalue weighted by Crippen LogP contribution is -2.05. The van der Waals surface area contributed by atoms with Gasteiger partial charge in [-0.05, 0) is 42.8 Å². The summed E-state index contributed by atoms with van der Waals surface area (Å²) in [5.74, 6) is 1.95. The third-order valence-electron chi connectivity index (χ3n) is 4.40. The van der Waals surface area contributed by atoms with E-state index in [1.165, 1.54) is 0 Å². The molecule has 0 aliphatic carbocycles. The van der Waals surface area contributed by atoms with E-state index in [0.717, 1.165) is 22.3 Å². The molecule has 134 valence electrons. The maximum atomic E-state index is 11.6. The Morgan fingerprint density at radius 3 is 2.59 bits per heavy atom. The highest BCUT2D eigenvalue weighted by Crippen LogP contribution is 2.27. The zero-order chi connectivity index (χ0) is 18.8. The lowest BCUT2D eigenvalue weighted by Gasteiger charge is -2.09. The van der Waals surface area contributed by atoms with Crippen molar-refractivity contribution in [2.75, 3.05) is 5.73 Å². The van der Waals surface area contributed by atoms with E-state index in [1.807, 2.05) is 77.4 Å². The number of fused-ring (bicyclic) bond motifs is 1. The number of ketones is 1. The van der Waals surface area contributed by atoms with Crippen LogP contribution in [0.1, 0.15) is 22.8 Å². The topological polar surface area (TPSA) is 70.1 Å². The van der Waals surface area contributed by atoms with Crippen molar-refractivity contribution in [2.24, 2.45) is 0 Å². The molecule has 4 rings (SSSR count). The first-order valence-corrected chi connectivity index (χ1v) is 8.69. The van der Waals surface area contributed by atoms with Crippen LogP contribution in [0.2, 0.25) is 0 Å². The van der Waals surface area contributed by atoms with Crippen LogP contribution in [-0.2, 0) is 6.54 Å². The molecule has 0 aliphatic rings. The average molecular weight is 357 g/mol. The fraction of sp³-hybridized carbons (Fsp3) is 0.0909. The number of ether oxygens (including phenoxy) is 1. The van der Waals surface area contributed by atoms with Crippen molar-refractivity contribution in [3.8, 4) is 11.5 Å². The van der Waals surface area contributed by atoms with Gasteiger partial charge in [0.25, 0.3) is 0 Å². The molecule has 1 heterocycles. The molecule has 0 radical (unpaired) electrons. The zero-order valence-electron chi connectivity index (χ0n) is 14.9. The monoisotopic (exact) mass is 357 g/mol. The predicted octanol–water partition coefficient (Wildman–Crippen LogP) is 4.66. The molecule has 0 bridgehead atoms. The van der Waals surface area contributed by atoms with E-state index >= 15 is 0 Å². The number of imidazole rings is 1. The Morgan fingerprint density at radius 2 is 1.81 bits per heavy atom. The van der Waals surface area contributed by atoms with Crippen LogP contribution in [0.4, 0.5) is 5.95 Å². The van der Waals surface area contributed by atoms with Crippen molar-refractivity contribution >= 4 is 22.8 Å². The van der Waals surface area contributed by atoms with E-state index in [-0.39, 0.29) is 5.78 Å². The number of aromatic nitrogens is 2. The number of Topliss-reactive ketones (excluding diaryl/α,β-unsaturated/α-hetero) is 1. The predicted molar refractivity (Wildman–Crippen MR) is 106 cm³/mol. The van der Waals surface area contributed by atoms with E-state index in [2.05, 4.69) is 4.98 Å². The van der Waals surface area contributed by atoms with Crippen molar-refractivity contribution in [3.05, 3.63) is 83.9 Å². The van der Waals surface area contributed by atoms with Crippen LogP contribution in [0.5, 0.6) is 11.5 Å². The van der Waals surface area contributed by atoms with Gasteiger partial charge in [0.15, 0.2) is 5.78 Å². The molecule has 0 amide bonds. The van der Waals surface area contributed by atoms with Crippen LogP contribution in [0, 0.1) is 0 Å². The zero-order valence-corrected chi connectivity index (χ0v) is 14.9. The average Bonchev–Trinajstić information content (AvgIpc) is 2.98. The molecule has 27 heavy (non-hydrogen) atoms. The van der Waals surface area contributed by atoms with E-state index < -0.39 is 0 Å². The van der Waals surface area contributed by atoms with Crippen LogP contribution in [0.15, 0.2) is 72.8 Å². The van der Waals surface area contributed by atoms with Gasteiger partial charge in [-0.1, -0.05) is 36.4 Å². The Labute approximate surface area is 157 Å². The number of para-hydroxylation sites is 1. The summed E-state index contributed by atoms with van der Waals surface area (Å²) in [6, 6.07) is 22.9. The summed E-state index contributed by atoms with van der Waals surface area (Å²) in [5.41, 5.74) is 9.50. The van der Waals surface area contributed by atoms with Gasteiger partial charge in [-0.25, -0.2) is 4.98 Å². The Balaban J connectivity index is 1.70.